The first-order valence-electron chi connectivity index (χ1n) is 8.16. The normalized spacial score (nSPS) is 16.8. The van der Waals surface area contributed by atoms with E-state index in [2.05, 4.69) is 15.3 Å². The number of hydrogen-bond donors (Lipinski definition) is 2. The molecular formula is C17H23ClN4O2. The molecule has 6 nitrogen and oxygen atoms in total. The molecule has 2 heterocycles. The monoisotopic (exact) mass is 350 g/mol. The van der Waals surface area contributed by atoms with Crippen molar-refractivity contribution in [3.05, 3.63) is 40.4 Å². The molecule has 1 atom stereocenters. The lowest BCUT2D eigenvalue weighted by molar-refractivity contribution is -0.132. The van der Waals surface area contributed by atoms with Crippen molar-refractivity contribution in [1.82, 2.24) is 20.2 Å². The van der Waals surface area contributed by atoms with Gasteiger partial charge in [0.05, 0.1) is 17.4 Å². The van der Waals surface area contributed by atoms with Gasteiger partial charge in [-0.2, -0.15) is 0 Å². The van der Waals surface area contributed by atoms with E-state index in [-0.39, 0.29) is 29.9 Å². The van der Waals surface area contributed by atoms with Crippen LogP contribution in [0.5, 0.6) is 0 Å². The van der Waals surface area contributed by atoms with Crippen LogP contribution in [0.3, 0.4) is 0 Å². The van der Waals surface area contributed by atoms with Gasteiger partial charge in [-0.25, -0.2) is 4.98 Å². The Hall–Kier alpha value is -1.92. The summed E-state index contributed by atoms with van der Waals surface area (Å²) in [5.41, 5.74) is 0.499. The first kappa shape index (κ1) is 18.4. The maximum absolute atomic E-state index is 12.4. The lowest BCUT2D eigenvalue weighted by atomic mass is 10.1. The van der Waals surface area contributed by atoms with Crippen molar-refractivity contribution in [2.75, 3.05) is 13.1 Å². The molecule has 2 N–H and O–H groups in total. The average Bonchev–Trinajstić information content (AvgIpc) is 3.05. The van der Waals surface area contributed by atoms with E-state index in [4.69, 9.17) is 0 Å². The Morgan fingerprint density at radius 3 is 2.88 bits per heavy atom. The Morgan fingerprint density at radius 1 is 1.38 bits per heavy atom. The summed E-state index contributed by atoms with van der Waals surface area (Å²) in [6.45, 7) is 3.87. The number of aromatic amines is 1. The molecule has 0 spiro atoms. The number of nitrogens with one attached hydrogen (secondary N) is 2. The summed E-state index contributed by atoms with van der Waals surface area (Å²) in [5.74, 6) is 0.631. The van der Waals surface area contributed by atoms with Gasteiger partial charge in [-0.15, -0.1) is 12.4 Å². The molecule has 1 amide bonds. The van der Waals surface area contributed by atoms with Crippen molar-refractivity contribution < 1.29 is 4.79 Å². The molecule has 0 bridgehead atoms. The maximum Gasteiger partial charge on any atom is 0.258 e. The van der Waals surface area contributed by atoms with Crippen molar-refractivity contribution in [1.29, 1.82) is 0 Å². The molecule has 0 saturated carbocycles. The van der Waals surface area contributed by atoms with E-state index in [1.807, 2.05) is 25.1 Å². The SMILES string of the molecule is CCN(Cc1nc2ccccc2c(=O)[nH]1)C(=O)CC1CCCN1.Cl. The van der Waals surface area contributed by atoms with E-state index in [1.54, 1.807) is 11.0 Å². The van der Waals surface area contributed by atoms with Crippen molar-refractivity contribution >= 4 is 29.2 Å². The summed E-state index contributed by atoms with van der Waals surface area (Å²) >= 11 is 0. The van der Waals surface area contributed by atoms with Gasteiger partial charge in [-0.05, 0) is 38.4 Å². The van der Waals surface area contributed by atoms with E-state index in [1.165, 1.54) is 0 Å². The molecule has 1 aromatic carbocycles. The largest absolute Gasteiger partial charge is 0.335 e. The van der Waals surface area contributed by atoms with Gasteiger partial charge in [-0.1, -0.05) is 12.1 Å². The van der Waals surface area contributed by atoms with Gasteiger partial charge in [0.25, 0.3) is 5.56 Å². The summed E-state index contributed by atoms with van der Waals surface area (Å²) in [5, 5.41) is 3.91. The molecule has 7 heteroatoms. The molecule has 0 aliphatic carbocycles. The zero-order valence-electron chi connectivity index (χ0n) is 13.7. The predicted octanol–water partition coefficient (Wildman–Crippen LogP) is 1.84. The average molecular weight is 351 g/mol. The van der Waals surface area contributed by atoms with E-state index in [0.717, 1.165) is 19.4 Å². The fraction of sp³-hybridized carbons (Fsp3) is 0.471. The van der Waals surface area contributed by atoms with Crippen LogP contribution in [-0.2, 0) is 11.3 Å². The highest BCUT2D eigenvalue weighted by atomic mass is 35.5. The number of para-hydroxylation sites is 1. The second-order valence-corrected chi connectivity index (χ2v) is 5.94. The lowest BCUT2D eigenvalue weighted by Crippen LogP contribution is -2.36. The van der Waals surface area contributed by atoms with Crippen LogP contribution >= 0.6 is 12.4 Å². The van der Waals surface area contributed by atoms with Gasteiger partial charge >= 0.3 is 0 Å². The van der Waals surface area contributed by atoms with Gasteiger partial charge in [0.2, 0.25) is 5.91 Å². The first-order chi connectivity index (χ1) is 11.2. The van der Waals surface area contributed by atoms with Crippen LogP contribution in [0.1, 0.15) is 32.0 Å². The van der Waals surface area contributed by atoms with Crippen LogP contribution < -0.4 is 10.9 Å². The molecule has 130 valence electrons. The second-order valence-electron chi connectivity index (χ2n) is 5.94. The summed E-state index contributed by atoms with van der Waals surface area (Å²) in [6, 6.07) is 7.51. The fourth-order valence-corrected chi connectivity index (χ4v) is 3.04. The summed E-state index contributed by atoms with van der Waals surface area (Å²) in [6.07, 6.45) is 2.68. The highest BCUT2D eigenvalue weighted by molar-refractivity contribution is 5.85. The number of amides is 1. The molecule has 3 rings (SSSR count). The molecule has 1 aliphatic rings. The van der Waals surface area contributed by atoms with Crippen LogP contribution in [0.4, 0.5) is 0 Å². The van der Waals surface area contributed by atoms with Crippen molar-refractivity contribution in [3.8, 4) is 0 Å². The Balaban J connectivity index is 0.00000208. The maximum atomic E-state index is 12.4. The van der Waals surface area contributed by atoms with Gasteiger partial charge < -0.3 is 15.2 Å². The molecule has 24 heavy (non-hydrogen) atoms. The Morgan fingerprint density at radius 2 is 2.17 bits per heavy atom. The zero-order chi connectivity index (χ0) is 16.2. The zero-order valence-corrected chi connectivity index (χ0v) is 14.6. The molecule has 0 radical (unpaired) electrons. The number of carbonyl (C=O) groups excluding carboxylic acids is 1. The first-order valence-corrected chi connectivity index (χ1v) is 8.16. The van der Waals surface area contributed by atoms with Gasteiger partial charge in [-0.3, -0.25) is 9.59 Å². The smallest absolute Gasteiger partial charge is 0.258 e. The molecule has 1 saturated heterocycles. The molecule has 1 unspecified atom stereocenters. The third kappa shape index (κ3) is 4.13. The topological polar surface area (TPSA) is 78.1 Å². The number of carbonyl (C=O) groups is 1. The van der Waals surface area contributed by atoms with Crippen LogP contribution in [0.25, 0.3) is 10.9 Å². The highest BCUT2D eigenvalue weighted by Gasteiger charge is 2.21. The van der Waals surface area contributed by atoms with Crippen molar-refractivity contribution in [3.63, 3.8) is 0 Å². The number of hydrogen-bond acceptors (Lipinski definition) is 4. The Kier molecular flexibility index (Phi) is 6.34. The molecule has 1 fully saturated rings. The number of aromatic nitrogens is 2. The van der Waals surface area contributed by atoms with E-state index >= 15 is 0 Å². The molecule has 1 aliphatic heterocycles. The van der Waals surface area contributed by atoms with E-state index < -0.39 is 0 Å². The number of H-pyrrole nitrogens is 1. The van der Waals surface area contributed by atoms with Crippen LogP contribution in [0.2, 0.25) is 0 Å². The molecular weight excluding hydrogens is 328 g/mol. The minimum absolute atomic E-state index is 0. The molecule has 2 aromatic rings. The number of fused-ring (bicyclic) bond motifs is 1. The Labute approximate surface area is 147 Å². The number of benzene rings is 1. The van der Waals surface area contributed by atoms with Crippen molar-refractivity contribution in [2.24, 2.45) is 0 Å². The predicted molar refractivity (Wildman–Crippen MR) is 96.3 cm³/mol. The fourth-order valence-electron chi connectivity index (χ4n) is 3.04. The van der Waals surface area contributed by atoms with E-state index in [9.17, 15) is 9.59 Å². The van der Waals surface area contributed by atoms with Gasteiger partial charge in [0.15, 0.2) is 0 Å². The minimum Gasteiger partial charge on any atom is -0.335 e. The molecule has 1 aromatic heterocycles. The quantitative estimate of drug-likeness (QED) is 0.862. The highest BCUT2D eigenvalue weighted by Crippen LogP contribution is 2.12. The number of rotatable bonds is 5. The second kappa shape index (κ2) is 8.26. The van der Waals surface area contributed by atoms with Gasteiger partial charge in [0, 0.05) is 19.0 Å². The van der Waals surface area contributed by atoms with Gasteiger partial charge in [0.1, 0.15) is 5.82 Å². The third-order valence-electron chi connectivity index (χ3n) is 4.32. The summed E-state index contributed by atoms with van der Waals surface area (Å²) in [7, 11) is 0. The third-order valence-corrected chi connectivity index (χ3v) is 4.32. The van der Waals surface area contributed by atoms with E-state index in [0.29, 0.717) is 36.2 Å². The standard InChI is InChI=1S/C17H22N4O2.ClH/c1-2-21(16(22)10-12-6-5-9-18-12)11-15-19-14-8-4-3-7-13(14)17(23)20-15;/h3-4,7-8,12,18H,2,5-6,9-11H2,1H3,(H,19,20,23);1H. The van der Waals surface area contributed by atoms with Crippen LogP contribution in [-0.4, -0.2) is 39.9 Å². The summed E-state index contributed by atoms with van der Waals surface area (Å²) in [4.78, 5) is 33.6. The van der Waals surface area contributed by atoms with Crippen LogP contribution in [0.15, 0.2) is 29.1 Å². The van der Waals surface area contributed by atoms with Crippen LogP contribution in [0, 0.1) is 0 Å². The van der Waals surface area contributed by atoms with Crippen molar-refractivity contribution in [2.45, 2.75) is 38.8 Å². The minimum atomic E-state index is -0.161. The summed E-state index contributed by atoms with van der Waals surface area (Å²) < 4.78 is 0. The number of halogens is 1. The lowest BCUT2D eigenvalue weighted by Gasteiger charge is -2.22. The number of nitrogens with zero attached hydrogens (tertiary/aromatic N) is 2. The Bertz CT molecular complexity index is 756.